The third-order valence-corrected chi connectivity index (χ3v) is 6.91. The van der Waals surface area contributed by atoms with Gasteiger partial charge in [0.15, 0.2) is 11.6 Å². The van der Waals surface area contributed by atoms with Crippen molar-refractivity contribution in [3.63, 3.8) is 0 Å². The fourth-order valence-corrected chi connectivity index (χ4v) is 5.02. The molecule has 5 heterocycles. The number of pyridine rings is 1. The largest absolute Gasteiger partial charge is 0.379 e. The van der Waals surface area contributed by atoms with E-state index >= 15 is 0 Å². The monoisotopic (exact) mass is 492 g/mol. The highest BCUT2D eigenvalue weighted by atomic mass is 16.5. The molecule has 3 aromatic heterocycles. The second kappa shape index (κ2) is 9.67. The van der Waals surface area contributed by atoms with Crippen LogP contribution in [0.5, 0.6) is 0 Å². The third kappa shape index (κ3) is 5.15. The molecule has 5 rings (SSSR count). The van der Waals surface area contributed by atoms with Gasteiger partial charge in [-0.15, -0.1) is 0 Å². The number of nitrogens with zero attached hydrogens (tertiary/aromatic N) is 6. The second-order valence-electron chi connectivity index (χ2n) is 10.8. The van der Waals surface area contributed by atoms with Crippen molar-refractivity contribution in [2.75, 3.05) is 30.4 Å². The van der Waals surface area contributed by atoms with E-state index in [1.54, 1.807) is 6.20 Å². The van der Waals surface area contributed by atoms with Gasteiger partial charge >= 0.3 is 0 Å². The summed E-state index contributed by atoms with van der Waals surface area (Å²) in [4.78, 5) is 18.0. The lowest BCUT2D eigenvalue weighted by Gasteiger charge is -2.33. The molecule has 0 radical (unpaired) electrons. The van der Waals surface area contributed by atoms with Gasteiger partial charge < -0.3 is 15.4 Å². The van der Waals surface area contributed by atoms with E-state index in [-0.39, 0.29) is 23.4 Å². The van der Waals surface area contributed by atoms with E-state index in [9.17, 15) is 4.79 Å². The number of anilines is 3. The Morgan fingerprint density at radius 1 is 1.14 bits per heavy atom. The lowest BCUT2D eigenvalue weighted by Crippen LogP contribution is -2.36. The smallest absolute Gasteiger partial charge is 0.222 e. The third-order valence-electron chi connectivity index (χ3n) is 6.91. The lowest BCUT2D eigenvalue weighted by atomic mass is 9.91. The van der Waals surface area contributed by atoms with Crippen molar-refractivity contribution in [1.82, 2.24) is 29.4 Å². The number of fused-ring (bicyclic) bond motifs is 1. The van der Waals surface area contributed by atoms with Crippen LogP contribution >= 0.6 is 0 Å². The maximum absolute atomic E-state index is 11.4. The van der Waals surface area contributed by atoms with Gasteiger partial charge in [-0.25, -0.2) is 4.98 Å². The van der Waals surface area contributed by atoms with Crippen molar-refractivity contribution in [2.24, 2.45) is 0 Å². The average Bonchev–Trinajstić information content (AvgIpc) is 3.55. The zero-order valence-corrected chi connectivity index (χ0v) is 21.8. The maximum atomic E-state index is 11.4. The number of ether oxygens (including phenoxy) is 1. The van der Waals surface area contributed by atoms with Gasteiger partial charge in [0.25, 0.3) is 0 Å². The Morgan fingerprint density at radius 2 is 1.94 bits per heavy atom. The summed E-state index contributed by atoms with van der Waals surface area (Å²) in [5.41, 5.74) is 3.45. The van der Waals surface area contributed by atoms with E-state index in [1.807, 2.05) is 12.1 Å². The molecule has 2 aliphatic rings. The van der Waals surface area contributed by atoms with Crippen LogP contribution in [0.1, 0.15) is 70.1 Å². The lowest BCUT2D eigenvalue weighted by molar-refractivity contribution is -0.114. The molecule has 0 saturated carbocycles. The molecule has 2 atom stereocenters. The van der Waals surface area contributed by atoms with E-state index in [2.05, 4.69) is 69.7 Å². The van der Waals surface area contributed by atoms with Crippen LogP contribution in [0.3, 0.4) is 0 Å². The summed E-state index contributed by atoms with van der Waals surface area (Å²) in [6.07, 6.45) is 2.73. The number of hydrogen-bond donors (Lipinski definition) is 2. The molecule has 0 spiro atoms. The summed E-state index contributed by atoms with van der Waals surface area (Å²) < 4.78 is 9.85. The Hall–Kier alpha value is -3.24. The molecule has 1 fully saturated rings. The Morgan fingerprint density at radius 3 is 2.67 bits per heavy atom. The molecule has 0 bridgehead atoms. The van der Waals surface area contributed by atoms with E-state index in [1.165, 1.54) is 18.3 Å². The first-order chi connectivity index (χ1) is 17.2. The summed E-state index contributed by atoms with van der Waals surface area (Å²) in [6, 6.07) is 8.67. The number of aromatic nitrogens is 5. The SMILES string of the molecule is CC(=O)Nc1cc(CN2CCn3nc(Nc4cc(C(C)(C)C)n([C@H]5CCOC5)n4)cc3[C@@H]2C)ccn1. The quantitative estimate of drug-likeness (QED) is 0.536. The second-order valence-corrected chi connectivity index (χ2v) is 10.8. The van der Waals surface area contributed by atoms with Gasteiger partial charge in [-0.1, -0.05) is 20.8 Å². The van der Waals surface area contributed by atoms with Gasteiger partial charge in [-0.3, -0.25) is 19.1 Å². The van der Waals surface area contributed by atoms with Crippen LogP contribution in [0.2, 0.25) is 0 Å². The van der Waals surface area contributed by atoms with Crippen molar-refractivity contribution in [2.45, 2.75) is 71.6 Å². The first kappa shape index (κ1) is 24.5. The molecule has 0 aliphatic carbocycles. The summed E-state index contributed by atoms with van der Waals surface area (Å²) in [5, 5.41) is 16.0. The molecule has 2 aliphatic heterocycles. The van der Waals surface area contributed by atoms with Crippen molar-refractivity contribution >= 4 is 23.4 Å². The number of hydrogen-bond acceptors (Lipinski definition) is 7. The van der Waals surface area contributed by atoms with Gasteiger partial charge in [0.05, 0.1) is 24.9 Å². The van der Waals surface area contributed by atoms with Crippen LogP contribution in [0.15, 0.2) is 30.5 Å². The number of carbonyl (C=O) groups is 1. The Bertz CT molecular complexity index is 1240. The van der Waals surface area contributed by atoms with Gasteiger partial charge in [0.2, 0.25) is 5.91 Å². The molecule has 0 aromatic carbocycles. The van der Waals surface area contributed by atoms with Crippen LogP contribution in [-0.2, 0) is 28.0 Å². The topological polar surface area (TPSA) is 102 Å². The molecular weight excluding hydrogens is 456 g/mol. The normalized spacial score (nSPS) is 20.4. The number of amides is 1. The summed E-state index contributed by atoms with van der Waals surface area (Å²) >= 11 is 0. The predicted molar refractivity (Wildman–Crippen MR) is 138 cm³/mol. The maximum Gasteiger partial charge on any atom is 0.222 e. The first-order valence-electron chi connectivity index (χ1n) is 12.7. The summed E-state index contributed by atoms with van der Waals surface area (Å²) in [6.45, 7) is 14.3. The molecule has 2 N–H and O–H groups in total. The minimum atomic E-state index is -0.119. The highest BCUT2D eigenvalue weighted by Gasteiger charge is 2.29. The van der Waals surface area contributed by atoms with Crippen LogP contribution < -0.4 is 10.6 Å². The Kier molecular flexibility index (Phi) is 6.57. The van der Waals surface area contributed by atoms with Crippen molar-refractivity contribution in [1.29, 1.82) is 0 Å². The molecule has 36 heavy (non-hydrogen) atoms. The summed E-state index contributed by atoms with van der Waals surface area (Å²) in [5.74, 6) is 2.09. The van der Waals surface area contributed by atoms with Crippen LogP contribution in [-0.4, -0.2) is 55.1 Å². The summed E-state index contributed by atoms with van der Waals surface area (Å²) in [7, 11) is 0. The Balaban J connectivity index is 1.32. The van der Waals surface area contributed by atoms with E-state index in [4.69, 9.17) is 14.9 Å². The fourth-order valence-electron chi connectivity index (χ4n) is 5.02. The van der Waals surface area contributed by atoms with Crippen LogP contribution in [0.4, 0.5) is 17.5 Å². The number of nitrogens with one attached hydrogen (secondary N) is 2. The van der Waals surface area contributed by atoms with Gasteiger partial charge in [0, 0.05) is 62.1 Å². The minimum Gasteiger partial charge on any atom is -0.379 e. The van der Waals surface area contributed by atoms with Crippen molar-refractivity contribution in [3.8, 4) is 0 Å². The molecule has 3 aromatic rings. The van der Waals surface area contributed by atoms with Crippen LogP contribution in [0, 0.1) is 0 Å². The zero-order valence-electron chi connectivity index (χ0n) is 21.8. The average molecular weight is 493 g/mol. The van der Waals surface area contributed by atoms with Crippen molar-refractivity contribution in [3.05, 3.63) is 47.4 Å². The van der Waals surface area contributed by atoms with Crippen LogP contribution in [0.25, 0.3) is 0 Å². The molecule has 0 unspecified atom stereocenters. The van der Waals surface area contributed by atoms with Crippen molar-refractivity contribution < 1.29 is 9.53 Å². The highest BCUT2D eigenvalue weighted by Crippen LogP contribution is 2.33. The van der Waals surface area contributed by atoms with E-state index in [0.717, 1.165) is 49.9 Å². The van der Waals surface area contributed by atoms with Gasteiger partial charge in [-0.2, -0.15) is 10.2 Å². The molecular formula is C26H36N8O2. The number of carbonyl (C=O) groups excluding carboxylic acids is 1. The molecule has 10 heteroatoms. The highest BCUT2D eigenvalue weighted by molar-refractivity contribution is 5.87. The fraction of sp³-hybridized carbons (Fsp3) is 0.538. The standard InChI is InChI=1S/C26H36N8O2/c1-17-21-13-24(29-25-14-22(26(3,4)5)34(31-25)20-7-11-36-16-20)30-33(21)10-9-32(17)15-19-6-8-27-23(12-19)28-18(2)35/h6,8,12-14,17,20H,7,9-11,15-16H2,1-5H3,(H,27,28,35)(H,29,30,31)/t17-,20-/m0/s1. The van der Waals surface area contributed by atoms with E-state index < -0.39 is 0 Å². The Labute approximate surface area is 212 Å². The first-order valence-corrected chi connectivity index (χ1v) is 12.7. The van der Waals surface area contributed by atoms with Gasteiger partial charge in [-0.05, 0) is 31.0 Å². The van der Waals surface area contributed by atoms with E-state index in [0.29, 0.717) is 12.4 Å². The molecule has 1 amide bonds. The minimum absolute atomic E-state index is 0.0231. The predicted octanol–water partition coefficient (Wildman–Crippen LogP) is 4.01. The number of rotatable bonds is 6. The zero-order chi connectivity index (χ0) is 25.4. The molecule has 10 nitrogen and oxygen atoms in total. The van der Waals surface area contributed by atoms with Gasteiger partial charge in [0.1, 0.15) is 5.82 Å². The molecule has 192 valence electrons. The molecule has 1 saturated heterocycles.